The highest BCUT2D eigenvalue weighted by Gasteiger charge is 2.40. The van der Waals surface area contributed by atoms with E-state index in [0.29, 0.717) is 6.42 Å². The lowest BCUT2D eigenvalue weighted by atomic mass is 10.1. The van der Waals surface area contributed by atoms with Crippen LogP contribution in [-0.2, 0) is 14.8 Å². The third-order valence-electron chi connectivity index (χ3n) is 3.21. The van der Waals surface area contributed by atoms with Crippen molar-refractivity contribution in [2.45, 2.75) is 37.3 Å². The molecule has 0 aromatic heterocycles. The van der Waals surface area contributed by atoms with Crippen LogP contribution in [0.1, 0.15) is 18.9 Å². The largest absolute Gasteiger partial charge is 0.446 e. The van der Waals surface area contributed by atoms with Crippen molar-refractivity contribution in [2.24, 2.45) is 0 Å². The summed E-state index contributed by atoms with van der Waals surface area (Å²) in [7, 11) is -3.93. The molecule has 1 aromatic rings. The van der Waals surface area contributed by atoms with E-state index in [2.05, 4.69) is 6.58 Å². The number of ether oxygens (including phenoxy) is 1. The zero-order valence-corrected chi connectivity index (χ0v) is 12.3. The van der Waals surface area contributed by atoms with E-state index in [-0.39, 0.29) is 11.0 Å². The van der Waals surface area contributed by atoms with Crippen LogP contribution in [0.5, 0.6) is 0 Å². The molecule has 0 spiro atoms. The maximum absolute atomic E-state index is 12.6. The van der Waals surface area contributed by atoms with E-state index < -0.39 is 22.2 Å². The number of hydrogen-bond donors (Lipinski definition) is 0. The molecule has 5 nitrogen and oxygen atoms in total. The first-order valence-electron chi connectivity index (χ1n) is 6.30. The number of rotatable bonds is 3. The third kappa shape index (κ3) is 2.56. The first kappa shape index (κ1) is 14.6. The predicted molar refractivity (Wildman–Crippen MR) is 74.7 cm³/mol. The summed E-state index contributed by atoms with van der Waals surface area (Å²) in [6.45, 7) is 7.20. The number of carbonyl (C=O) groups is 1. The summed E-state index contributed by atoms with van der Waals surface area (Å²) in [5.74, 6) is 0. The smallest absolute Gasteiger partial charge is 0.424 e. The summed E-state index contributed by atoms with van der Waals surface area (Å²) >= 11 is 0. The molecule has 2 atom stereocenters. The molecule has 0 aliphatic carbocycles. The third-order valence-corrected chi connectivity index (χ3v) is 5.01. The Balaban J connectivity index is 2.43. The fourth-order valence-electron chi connectivity index (χ4n) is 2.14. The van der Waals surface area contributed by atoms with Crippen LogP contribution in [0.15, 0.2) is 41.8 Å². The second-order valence-electron chi connectivity index (χ2n) is 4.85. The summed E-state index contributed by atoms with van der Waals surface area (Å²) in [4.78, 5) is 12.0. The number of hydrogen-bond acceptors (Lipinski definition) is 4. The quantitative estimate of drug-likeness (QED) is 0.804. The number of cyclic esters (lactones) is 1. The Bertz CT molecular complexity index is 621. The van der Waals surface area contributed by atoms with E-state index >= 15 is 0 Å². The molecule has 2 unspecified atom stereocenters. The molecule has 0 N–H and O–H groups in total. The van der Waals surface area contributed by atoms with Gasteiger partial charge in [-0.05, 0) is 26.0 Å². The molecule has 1 heterocycles. The SMILES string of the molecule is C=CC1CC(C)OC(=O)N1S(=O)(=O)c1ccc(C)cc1. The van der Waals surface area contributed by atoms with E-state index in [9.17, 15) is 13.2 Å². The van der Waals surface area contributed by atoms with Gasteiger partial charge in [0.05, 0.1) is 10.9 Å². The van der Waals surface area contributed by atoms with Crippen LogP contribution in [0.25, 0.3) is 0 Å². The monoisotopic (exact) mass is 295 g/mol. The molecule has 1 saturated heterocycles. The summed E-state index contributed by atoms with van der Waals surface area (Å²) in [6.07, 6.45) is 0.687. The van der Waals surface area contributed by atoms with E-state index in [1.165, 1.54) is 18.2 Å². The average molecular weight is 295 g/mol. The molecule has 1 amide bonds. The second-order valence-corrected chi connectivity index (χ2v) is 6.66. The minimum Gasteiger partial charge on any atom is -0.446 e. The molecular weight excluding hydrogens is 278 g/mol. The van der Waals surface area contributed by atoms with Crippen LogP contribution < -0.4 is 0 Å². The van der Waals surface area contributed by atoms with Gasteiger partial charge in [-0.25, -0.2) is 13.2 Å². The first-order chi connectivity index (χ1) is 9.36. The molecule has 1 fully saturated rings. The maximum atomic E-state index is 12.6. The van der Waals surface area contributed by atoms with Crippen molar-refractivity contribution in [1.82, 2.24) is 4.31 Å². The summed E-state index contributed by atoms with van der Waals surface area (Å²) in [5.41, 5.74) is 0.944. The molecule has 0 saturated carbocycles. The van der Waals surface area contributed by atoms with Crippen LogP contribution >= 0.6 is 0 Å². The number of sulfonamides is 1. The Morgan fingerprint density at radius 1 is 1.35 bits per heavy atom. The summed E-state index contributed by atoms with van der Waals surface area (Å²) in [5, 5.41) is 0. The fraction of sp³-hybridized carbons (Fsp3) is 0.357. The lowest BCUT2D eigenvalue weighted by molar-refractivity contribution is 0.0452. The molecule has 0 radical (unpaired) electrons. The molecule has 1 aliphatic rings. The van der Waals surface area contributed by atoms with E-state index in [1.54, 1.807) is 19.1 Å². The number of benzene rings is 1. The van der Waals surface area contributed by atoms with Crippen molar-refractivity contribution in [3.63, 3.8) is 0 Å². The van der Waals surface area contributed by atoms with Gasteiger partial charge in [0.15, 0.2) is 0 Å². The van der Waals surface area contributed by atoms with Crippen molar-refractivity contribution in [3.8, 4) is 0 Å². The molecule has 1 aromatic carbocycles. The van der Waals surface area contributed by atoms with Crippen LogP contribution in [0.2, 0.25) is 0 Å². The highest BCUT2D eigenvalue weighted by atomic mass is 32.2. The molecular formula is C14H17NO4S. The van der Waals surface area contributed by atoms with Crippen molar-refractivity contribution < 1.29 is 17.9 Å². The number of amides is 1. The first-order valence-corrected chi connectivity index (χ1v) is 7.74. The topological polar surface area (TPSA) is 63.7 Å². The van der Waals surface area contributed by atoms with Crippen molar-refractivity contribution in [3.05, 3.63) is 42.5 Å². The van der Waals surface area contributed by atoms with Crippen molar-refractivity contribution >= 4 is 16.1 Å². The van der Waals surface area contributed by atoms with Gasteiger partial charge in [0, 0.05) is 6.42 Å². The van der Waals surface area contributed by atoms with Gasteiger partial charge in [-0.15, -0.1) is 6.58 Å². The van der Waals surface area contributed by atoms with E-state index in [1.807, 2.05) is 6.92 Å². The van der Waals surface area contributed by atoms with Crippen LogP contribution in [0.3, 0.4) is 0 Å². The average Bonchev–Trinajstić information content (AvgIpc) is 2.37. The Morgan fingerprint density at radius 3 is 2.50 bits per heavy atom. The second kappa shape index (κ2) is 5.28. The fourth-order valence-corrected chi connectivity index (χ4v) is 3.61. The Morgan fingerprint density at radius 2 is 1.95 bits per heavy atom. The van der Waals surface area contributed by atoms with Crippen LogP contribution in [0.4, 0.5) is 4.79 Å². The number of carbonyl (C=O) groups excluding carboxylic acids is 1. The van der Waals surface area contributed by atoms with Crippen molar-refractivity contribution in [2.75, 3.05) is 0 Å². The van der Waals surface area contributed by atoms with Gasteiger partial charge in [0.1, 0.15) is 6.10 Å². The molecule has 20 heavy (non-hydrogen) atoms. The molecule has 108 valence electrons. The highest BCUT2D eigenvalue weighted by molar-refractivity contribution is 7.89. The van der Waals surface area contributed by atoms with Gasteiger partial charge in [0.2, 0.25) is 0 Å². The zero-order valence-electron chi connectivity index (χ0n) is 11.4. The highest BCUT2D eigenvalue weighted by Crippen LogP contribution is 2.27. The lowest BCUT2D eigenvalue weighted by Gasteiger charge is -2.35. The molecule has 2 rings (SSSR count). The molecule has 1 aliphatic heterocycles. The molecule has 6 heteroatoms. The van der Waals surface area contributed by atoms with Crippen LogP contribution in [0, 0.1) is 6.92 Å². The summed E-state index contributed by atoms with van der Waals surface area (Å²) < 4.78 is 30.9. The molecule has 0 bridgehead atoms. The van der Waals surface area contributed by atoms with Crippen molar-refractivity contribution in [1.29, 1.82) is 0 Å². The van der Waals surface area contributed by atoms with Gasteiger partial charge < -0.3 is 4.74 Å². The predicted octanol–water partition coefficient (Wildman–Crippen LogP) is 2.47. The number of nitrogens with zero attached hydrogens (tertiary/aromatic N) is 1. The lowest BCUT2D eigenvalue weighted by Crippen LogP contribution is -2.50. The zero-order chi connectivity index (χ0) is 14.9. The Labute approximate surface area is 118 Å². The summed E-state index contributed by atoms with van der Waals surface area (Å²) in [6, 6.07) is 5.76. The van der Waals surface area contributed by atoms with Gasteiger partial charge in [-0.3, -0.25) is 0 Å². The normalized spacial score (nSPS) is 23.3. The van der Waals surface area contributed by atoms with E-state index in [0.717, 1.165) is 9.87 Å². The Hall–Kier alpha value is -1.82. The van der Waals surface area contributed by atoms with Gasteiger partial charge in [-0.2, -0.15) is 4.31 Å². The maximum Gasteiger partial charge on any atom is 0.424 e. The Kier molecular flexibility index (Phi) is 3.85. The standard InChI is InChI=1S/C14H17NO4S/c1-4-12-9-11(3)19-14(16)15(12)20(17,18)13-7-5-10(2)6-8-13/h4-8,11-12H,1,9H2,2-3H3. The minimum absolute atomic E-state index is 0.0708. The number of aryl methyl sites for hydroxylation is 1. The minimum atomic E-state index is -3.93. The van der Waals surface area contributed by atoms with Crippen LogP contribution in [-0.4, -0.2) is 31.0 Å². The van der Waals surface area contributed by atoms with Gasteiger partial charge in [-0.1, -0.05) is 23.8 Å². The van der Waals surface area contributed by atoms with Gasteiger partial charge in [0.25, 0.3) is 10.0 Å². The van der Waals surface area contributed by atoms with E-state index in [4.69, 9.17) is 4.74 Å². The van der Waals surface area contributed by atoms with Gasteiger partial charge >= 0.3 is 6.09 Å².